The minimum absolute atomic E-state index is 0.00520. The summed E-state index contributed by atoms with van der Waals surface area (Å²) in [5.41, 5.74) is 0.475. The Morgan fingerprint density at radius 3 is 2.95 bits per heavy atom. The summed E-state index contributed by atoms with van der Waals surface area (Å²) >= 11 is 12.2. The molecular formula is C11H5BrClFIN3S. The number of aromatic nitrogens is 1. The van der Waals surface area contributed by atoms with Gasteiger partial charge in [-0.2, -0.15) is 5.26 Å². The Morgan fingerprint density at radius 2 is 2.37 bits per heavy atom. The van der Waals surface area contributed by atoms with Crippen LogP contribution in [0.1, 0.15) is 10.4 Å². The monoisotopic (exact) mass is 471 g/mol. The zero-order valence-corrected chi connectivity index (χ0v) is 14.5. The van der Waals surface area contributed by atoms with Crippen molar-refractivity contribution in [2.75, 3.05) is 5.32 Å². The van der Waals surface area contributed by atoms with Crippen molar-refractivity contribution in [3.8, 4) is 6.07 Å². The summed E-state index contributed by atoms with van der Waals surface area (Å²) in [5.74, 6) is -0.562. The molecule has 0 aliphatic rings. The molecule has 19 heavy (non-hydrogen) atoms. The third-order valence-electron chi connectivity index (χ3n) is 2.25. The number of nitriles is 1. The van der Waals surface area contributed by atoms with Gasteiger partial charge in [-0.3, -0.25) is 0 Å². The highest BCUT2D eigenvalue weighted by molar-refractivity contribution is 14.1. The lowest BCUT2D eigenvalue weighted by molar-refractivity contribution is 0.617. The molecule has 0 bridgehead atoms. The molecule has 0 amide bonds. The van der Waals surface area contributed by atoms with Crippen LogP contribution in [0.5, 0.6) is 0 Å². The lowest BCUT2D eigenvalue weighted by atomic mass is 10.2. The normalized spacial score (nSPS) is 10.3. The summed E-state index contributed by atoms with van der Waals surface area (Å²) in [5, 5.41) is 12.1. The van der Waals surface area contributed by atoms with E-state index >= 15 is 0 Å². The maximum absolute atomic E-state index is 13.8. The van der Waals surface area contributed by atoms with E-state index in [1.54, 1.807) is 12.3 Å². The SMILES string of the molecule is N#Cc1c(F)c(Br)cc(I)c1NCc1cnc(Cl)s1. The molecule has 0 radical (unpaired) electrons. The smallest absolute Gasteiger partial charge is 0.183 e. The number of halogens is 4. The van der Waals surface area contributed by atoms with Crippen LogP contribution in [0.25, 0.3) is 0 Å². The molecule has 0 saturated heterocycles. The molecule has 0 fully saturated rings. The molecule has 0 atom stereocenters. The van der Waals surface area contributed by atoms with E-state index in [2.05, 4.69) is 48.8 Å². The number of nitrogens with zero attached hydrogens (tertiary/aromatic N) is 2. The Morgan fingerprint density at radius 1 is 1.63 bits per heavy atom. The molecule has 1 aromatic heterocycles. The quantitative estimate of drug-likeness (QED) is 0.517. The predicted molar refractivity (Wildman–Crippen MR) is 86.0 cm³/mol. The van der Waals surface area contributed by atoms with Crippen LogP contribution in [0.3, 0.4) is 0 Å². The zero-order valence-electron chi connectivity index (χ0n) is 9.18. The first kappa shape index (κ1) is 15.0. The third-order valence-corrected chi connectivity index (χ3v) is 4.79. The minimum Gasteiger partial charge on any atom is -0.378 e. The standard InChI is InChI=1S/C11H5BrClFIN3S/c12-7-1-8(15)10(6(2-16)9(7)14)17-3-5-4-18-11(13)19-5/h1,4,17H,3H2. The second-order valence-electron chi connectivity index (χ2n) is 3.45. The van der Waals surface area contributed by atoms with E-state index in [9.17, 15) is 4.39 Å². The van der Waals surface area contributed by atoms with Crippen LogP contribution in [0.4, 0.5) is 10.1 Å². The Balaban J connectivity index is 2.30. The third kappa shape index (κ3) is 3.37. The first-order chi connectivity index (χ1) is 9.02. The van der Waals surface area contributed by atoms with Gasteiger partial charge in [0.1, 0.15) is 11.6 Å². The minimum atomic E-state index is -0.562. The van der Waals surface area contributed by atoms with E-state index in [-0.39, 0.29) is 10.0 Å². The van der Waals surface area contributed by atoms with Gasteiger partial charge < -0.3 is 5.32 Å². The van der Waals surface area contributed by atoms with E-state index in [1.807, 2.05) is 6.07 Å². The lowest BCUT2D eigenvalue weighted by Crippen LogP contribution is -2.04. The molecule has 0 aliphatic heterocycles. The van der Waals surface area contributed by atoms with Gasteiger partial charge >= 0.3 is 0 Å². The number of hydrogen-bond acceptors (Lipinski definition) is 4. The van der Waals surface area contributed by atoms with Gasteiger partial charge in [-0.15, -0.1) is 11.3 Å². The van der Waals surface area contributed by atoms with Crippen LogP contribution < -0.4 is 5.32 Å². The summed E-state index contributed by atoms with van der Waals surface area (Å²) in [6.45, 7) is 0.441. The van der Waals surface area contributed by atoms with E-state index in [4.69, 9.17) is 16.9 Å². The first-order valence-electron chi connectivity index (χ1n) is 4.94. The highest BCUT2D eigenvalue weighted by atomic mass is 127. The van der Waals surface area contributed by atoms with Crippen LogP contribution in [-0.2, 0) is 6.54 Å². The molecular weight excluding hydrogens is 467 g/mol. The molecule has 0 saturated carbocycles. The van der Waals surface area contributed by atoms with Gasteiger partial charge in [0.15, 0.2) is 10.3 Å². The summed E-state index contributed by atoms with van der Waals surface area (Å²) in [6.07, 6.45) is 1.65. The molecule has 0 spiro atoms. The van der Waals surface area contributed by atoms with Crippen molar-refractivity contribution >= 4 is 67.1 Å². The Labute approximate surface area is 140 Å². The molecule has 1 aromatic carbocycles. The van der Waals surface area contributed by atoms with Gasteiger partial charge in [-0.1, -0.05) is 11.6 Å². The molecule has 0 unspecified atom stereocenters. The number of thiazole rings is 1. The molecule has 3 nitrogen and oxygen atoms in total. The van der Waals surface area contributed by atoms with Crippen LogP contribution in [0.15, 0.2) is 16.7 Å². The summed E-state index contributed by atoms with van der Waals surface area (Å²) < 4.78 is 15.3. The van der Waals surface area contributed by atoms with E-state index in [0.717, 1.165) is 8.45 Å². The number of hydrogen-bond donors (Lipinski definition) is 1. The topological polar surface area (TPSA) is 48.7 Å². The summed E-state index contributed by atoms with van der Waals surface area (Å²) in [4.78, 5) is 4.83. The molecule has 2 aromatic rings. The van der Waals surface area contributed by atoms with Crippen LogP contribution >= 0.6 is 61.5 Å². The van der Waals surface area contributed by atoms with Gasteiger partial charge in [0, 0.05) is 14.6 Å². The van der Waals surface area contributed by atoms with E-state index in [1.165, 1.54) is 11.3 Å². The number of rotatable bonds is 3. The number of anilines is 1. The number of nitrogens with one attached hydrogen (secondary N) is 1. The second kappa shape index (κ2) is 6.35. The highest BCUT2D eigenvalue weighted by Gasteiger charge is 2.16. The Bertz CT molecular complexity index is 671. The molecule has 98 valence electrons. The van der Waals surface area contributed by atoms with Crippen LogP contribution in [0.2, 0.25) is 4.47 Å². The van der Waals surface area contributed by atoms with Crippen molar-refractivity contribution < 1.29 is 4.39 Å². The average molecular weight is 473 g/mol. The summed E-state index contributed by atoms with van der Waals surface area (Å²) in [7, 11) is 0. The van der Waals surface area contributed by atoms with Crippen LogP contribution in [-0.4, -0.2) is 4.98 Å². The van der Waals surface area contributed by atoms with Gasteiger partial charge in [0.25, 0.3) is 0 Å². The van der Waals surface area contributed by atoms with E-state index < -0.39 is 5.82 Å². The lowest BCUT2D eigenvalue weighted by Gasteiger charge is -2.11. The van der Waals surface area contributed by atoms with Gasteiger partial charge in [-0.05, 0) is 44.6 Å². The predicted octanol–water partition coefficient (Wildman–Crippen LogP) is 4.79. The largest absolute Gasteiger partial charge is 0.378 e. The fourth-order valence-electron chi connectivity index (χ4n) is 1.41. The first-order valence-corrected chi connectivity index (χ1v) is 8.01. The van der Waals surface area contributed by atoms with Crippen molar-refractivity contribution in [3.05, 3.63) is 41.0 Å². The molecule has 2 rings (SSSR count). The molecule has 1 N–H and O–H groups in total. The second-order valence-corrected chi connectivity index (χ2v) is 7.16. The van der Waals surface area contributed by atoms with Crippen molar-refractivity contribution in [2.45, 2.75) is 6.54 Å². The maximum Gasteiger partial charge on any atom is 0.183 e. The van der Waals surface area contributed by atoms with Crippen molar-refractivity contribution in [1.29, 1.82) is 5.26 Å². The van der Waals surface area contributed by atoms with Crippen LogP contribution in [0, 0.1) is 20.7 Å². The van der Waals surface area contributed by atoms with Gasteiger partial charge in [0.05, 0.1) is 16.7 Å². The highest BCUT2D eigenvalue weighted by Crippen LogP contribution is 2.31. The van der Waals surface area contributed by atoms with Gasteiger partial charge in [-0.25, -0.2) is 9.37 Å². The van der Waals surface area contributed by atoms with Crippen molar-refractivity contribution in [1.82, 2.24) is 4.98 Å². The average Bonchev–Trinajstić information content (AvgIpc) is 2.78. The number of benzene rings is 1. The molecule has 0 aliphatic carbocycles. The Hall–Kier alpha value is -0.430. The van der Waals surface area contributed by atoms with Gasteiger partial charge in [0.2, 0.25) is 0 Å². The zero-order chi connectivity index (χ0) is 14.0. The maximum atomic E-state index is 13.8. The molecule has 8 heteroatoms. The fourth-order valence-corrected chi connectivity index (χ4v) is 3.96. The van der Waals surface area contributed by atoms with Crippen molar-refractivity contribution in [3.63, 3.8) is 0 Å². The molecule has 1 heterocycles. The fraction of sp³-hybridized carbons (Fsp3) is 0.0909. The summed E-state index contributed by atoms with van der Waals surface area (Å²) in [6, 6.07) is 3.50. The Kier molecular flexibility index (Phi) is 5.00. The van der Waals surface area contributed by atoms with E-state index in [0.29, 0.717) is 16.7 Å². The van der Waals surface area contributed by atoms with Crippen molar-refractivity contribution in [2.24, 2.45) is 0 Å².